The Morgan fingerprint density at radius 3 is 2.62 bits per heavy atom. The summed E-state index contributed by atoms with van der Waals surface area (Å²) in [4.78, 5) is 16.2. The van der Waals surface area contributed by atoms with Crippen molar-refractivity contribution in [2.75, 3.05) is 27.1 Å². The first-order valence-electron chi connectivity index (χ1n) is 12.5. The fraction of sp³-hybridized carbons (Fsp3) is 0.593. The van der Waals surface area contributed by atoms with Crippen molar-refractivity contribution in [2.24, 2.45) is 17.0 Å². The van der Waals surface area contributed by atoms with Crippen LogP contribution in [0.2, 0.25) is 0 Å². The monoisotopic (exact) mass is 515 g/mol. The van der Waals surface area contributed by atoms with Crippen LogP contribution in [0.1, 0.15) is 57.0 Å². The molecular formula is C27H37N3O7. The van der Waals surface area contributed by atoms with Crippen LogP contribution < -0.4 is 9.47 Å². The summed E-state index contributed by atoms with van der Waals surface area (Å²) < 4.78 is 34.9. The van der Waals surface area contributed by atoms with Crippen molar-refractivity contribution in [1.82, 2.24) is 0 Å². The van der Waals surface area contributed by atoms with E-state index in [0.29, 0.717) is 17.7 Å². The van der Waals surface area contributed by atoms with E-state index >= 15 is 0 Å². The number of methoxy groups -OCH3 is 1. The number of fused-ring (bicyclic) bond motifs is 2. The number of rotatable bonds is 7. The van der Waals surface area contributed by atoms with Crippen LogP contribution >= 0.6 is 0 Å². The summed E-state index contributed by atoms with van der Waals surface area (Å²) in [6.07, 6.45) is 7.84. The predicted octanol–water partition coefficient (Wildman–Crippen LogP) is 5.67. The third-order valence-corrected chi connectivity index (χ3v) is 6.32. The molecule has 1 aromatic rings. The minimum atomic E-state index is -0.691. The maximum atomic E-state index is 13.4. The van der Waals surface area contributed by atoms with E-state index in [1.807, 2.05) is 39.8 Å². The van der Waals surface area contributed by atoms with Crippen molar-refractivity contribution in [3.8, 4) is 11.5 Å². The van der Waals surface area contributed by atoms with Crippen molar-refractivity contribution < 1.29 is 33.2 Å². The first-order valence-corrected chi connectivity index (χ1v) is 12.5. The molecule has 2 aliphatic heterocycles. The average molecular weight is 516 g/mol. The molecule has 10 nitrogen and oxygen atoms in total. The molecule has 1 saturated heterocycles. The summed E-state index contributed by atoms with van der Waals surface area (Å²) in [5.41, 5.74) is 9.35. The highest BCUT2D eigenvalue weighted by molar-refractivity contribution is 5.97. The highest BCUT2D eigenvalue weighted by atomic mass is 16.8. The Kier molecular flexibility index (Phi) is 10.00. The number of ether oxygens (including phenoxy) is 6. The molecule has 0 saturated carbocycles. The van der Waals surface area contributed by atoms with Gasteiger partial charge in [-0.1, -0.05) is 43.3 Å². The van der Waals surface area contributed by atoms with Gasteiger partial charge in [-0.05, 0) is 44.4 Å². The fourth-order valence-corrected chi connectivity index (χ4v) is 4.30. The number of carbonyl (C=O) groups is 1. The lowest BCUT2D eigenvalue weighted by Crippen LogP contribution is -2.29. The molecule has 3 rings (SSSR count). The molecule has 5 atom stereocenters. The third kappa shape index (κ3) is 7.72. The van der Waals surface area contributed by atoms with Crippen LogP contribution in [0.5, 0.6) is 11.5 Å². The molecule has 2 heterocycles. The maximum Gasteiger partial charge on any atom is 0.342 e. The Morgan fingerprint density at radius 1 is 1.14 bits per heavy atom. The molecule has 0 spiro atoms. The number of hydrogen-bond acceptors (Lipinski definition) is 8. The lowest BCUT2D eigenvalue weighted by Gasteiger charge is -2.23. The van der Waals surface area contributed by atoms with Gasteiger partial charge in [0.05, 0.1) is 25.4 Å². The van der Waals surface area contributed by atoms with Crippen LogP contribution in [0, 0.1) is 11.8 Å². The van der Waals surface area contributed by atoms with Crippen LogP contribution in [0.25, 0.3) is 16.5 Å². The Morgan fingerprint density at radius 2 is 1.89 bits per heavy atom. The lowest BCUT2D eigenvalue weighted by molar-refractivity contribution is -0.148. The van der Waals surface area contributed by atoms with Gasteiger partial charge in [0.2, 0.25) is 0 Å². The molecule has 0 aromatic heterocycles. The summed E-state index contributed by atoms with van der Waals surface area (Å²) >= 11 is 0. The summed E-state index contributed by atoms with van der Waals surface area (Å²) in [5, 5.41) is 3.49. The highest BCUT2D eigenvalue weighted by Crippen LogP contribution is 2.36. The maximum absolute atomic E-state index is 13.4. The summed E-state index contributed by atoms with van der Waals surface area (Å²) in [7, 11) is 1.50. The zero-order chi connectivity index (χ0) is 27.0. The predicted molar refractivity (Wildman–Crippen MR) is 138 cm³/mol. The molecule has 37 heavy (non-hydrogen) atoms. The smallest absolute Gasteiger partial charge is 0.342 e. The quantitative estimate of drug-likeness (QED) is 0.0872. The second-order valence-electron chi connectivity index (χ2n) is 9.73. The van der Waals surface area contributed by atoms with Crippen LogP contribution in [-0.2, 0) is 18.9 Å². The van der Waals surface area contributed by atoms with Gasteiger partial charge in [-0.15, -0.1) is 0 Å². The van der Waals surface area contributed by atoms with Crippen molar-refractivity contribution in [1.29, 1.82) is 0 Å². The first kappa shape index (κ1) is 28.5. The van der Waals surface area contributed by atoms with Gasteiger partial charge in [-0.3, -0.25) is 0 Å². The normalized spacial score (nSPS) is 28.2. The zero-order valence-corrected chi connectivity index (χ0v) is 22.4. The van der Waals surface area contributed by atoms with E-state index in [-0.39, 0.29) is 55.3 Å². The number of azide groups is 1. The Labute approximate surface area is 218 Å². The van der Waals surface area contributed by atoms with E-state index in [1.54, 1.807) is 12.1 Å². The number of carbonyl (C=O) groups excluding carboxylic acids is 1. The number of benzene rings is 1. The molecular weight excluding hydrogens is 478 g/mol. The molecule has 10 heteroatoms. The molecule has 0 bridgehead atoms. The van der Waals surface area contributed by atoms with E-state index in [0.717, 1.165) is 0 Å². The number of nitrogens with zero attached hydrogens (tertiary/aromatic N) is 3. The molecule has 0 radical (unpaired) electrons. The minimum Gasteiger partial charge on any atom is -0.493 e. The van der Waals surface area contributed by atoms with Crippen LogP contribution in [-0.4, -0.2) is 57.1 Å². The van der Waals surface area contributed by atoms with E-state index in [1.165, 1.54) is 7.11 Å². The zero-order valence-electron chi connectivity index (χ0n) is 22.4. The molecule has 1 fully saturated rings. The highest BCUT2D eigenvalue weighted by Gasteiger charge is 2.42. The van der Waals surface area contributed by atoms with Gasteiger partial charge in [-0.25, -0.2) is 4.79 Å². The van der Waals surface area contributed by atoms with Gasteiger partial charge in [-0.2, -0.15) is 0 Å². The molecule has 0 amide bonds. The second-order valence-corrected chi connectivity index (χ2v) is 9.73. The van der Waals surface area contributed by atoms with E-state index in [9.17, 15) is 4.79 Å². The lowest BCUT2D eigenvalue weighted by atomic mass is 9.94. The number of hydrogen-bond donors (Lipinski definition) is 0. The molecule has 202 valence electrons. The topological polar surface area (TPSA) is 121 Å². The van der Waals surface area contributed by atoms with Crippen molar-refractivity contribution >= 4 is 12.0 Å². The van der Waals surface area contributed by atoms with Crippen LogP contribution in [0.4, 0.5) is 0 Å². The van der Waals surface area contributed by atoms with E-state index in [2.05, 4.69) is 29.1 Å². The standard InChI is InChI=1S/C27H37N3O7/c1-17-10-11-18(2)25-22(36-27(4,5)37-25)9-7-8-20-14-21(33-13-12-29-30-28)15-23(34-16-32-6)24(20)26(31)35-19(17)3/h7-8,10-11,14-15,17-19,22,25H,9,12-13,16H2,1-6H3/b8-7?,11-10-/t17-,18?,19?,22?,25?/m1/s1. The summed E-state index contributed by atoms with van der Waals surface area (Å²) in [6, 6.07) is 3.34. The molecule has 0 N–H and O–H groups in total. The summed E-state index contributed by atoms with van der Waals surface area (Å²) in [6.45, 7) is 10.1. The minimum absolute atomic E-state index is 0.0336. The van der Waals surface area contributed by atoms with Gasteiger partial charge in [0.25, 0.3) is 0 Å². The van der Waals surface area contributed by atoms with Crippen molar-refractivity contribution in [3.05, 3.63) is 51.9 Å². The van der Waals surface area contributed by atoms with Gasteiger partial charge < -0.3 is 28.4 Å². The van der Waals surface area contributed by atoms with Crippen molar-refractivity contribution in [2.45, 2.75) is 65.1 Å². The largest absolute Gasteiger partial charge is 0.493 e. The summed E-state index contributed by atoms with van der Waals surface area (Å²) in [5.74, 6) is -0.413. The average Bonchev–Trinajstić information content (AvgIpc) is 3.17. The molecule has 0 aliphatic carbocycles. The SMILES string of the molecule is COCOc1cc(OCCN=[N+]=[N-])cc2c1C(=O)OC(C)[C@H](C)/C=C\C(C)C1OC(C)(C)OC1CC=C2. The first-order chi connectivity index (χ1) is 17.6. The van der Waals surface area contributed by atoms with Gasteiger partial charge in [0.15, 0.2) is 12.6 Å². The van der Waals surface area contributed by atoms with E-state index in [4.69, 9.17) is 34.0 Å². The van der Waals surface area contributed by atoms with Gasteiger partial charge >= 0.3 is 5.97 Å². The molecule has 4 unspecified atom stereocenters. The third-order valence-electron chi connectivity index (χ3n) is 6.32. The van der Waals surface area contributed by atoms with E-state index < -0.39 is 17.9 Å². The van der Waals surface area contributed by atoms with Crippen LogP contribution in [0.3, 0.4) is 0 Å². The molecule has 1 aromatic carbocycles. The number of cyclic esters (lactones) is 1. The Bertz CT molecular complexity index is 1050. The second kappa shape index (κ2) is 13.0. The fourth-order valence-electron chi connectivity index (χ4n) is 4.30. The molecule has 2 aliphatic rings. The Balaban J connectivity index is 2.04. The van der Waals surface area contributed by atoms with Gasteiger partial charge in [0, 0.05) is 29.9 Å². The number of esters is 1. The Hall–Kier alpha value is -3.04. The van der Waals surface area contributed by atoms with Crippen molar-refractivity contribution in [3.63, 3.8) is 0 Å². The van der Waals surface area contributed by atoms with Gasteiger partial charge in [0.1, 0.15) is 23.2 Å². The van der Waals surface area contributed by atoms with Crippen LogP contribution in [0.15, 0.2) is 35.5 Å².